The van der Waals surface area contributed by atoms with Crippen molar-refractivity contribution in [3.8, 4) is 0 Å². The highest BCUT2D eigenvalue weighted by atomic mass is 31.2. The molecule has 10 nitrogen and oxygen atoms in total. The van der Waals surface area contributed by atoms with Gasteiger partial charge in [-0.15, -0.1) is 0 Å². The number of amides is 1. The normalized spacial score (nSPS) is 29.7. The highest BCUT2D eigenvalue weighted by Gasteiger charge is 2.45. The van der Waals surface area contributed by atoms with Crippen molar-refractivity contribution in [3.63, 3.8) is 0 Å². The third-order valence-corrected chi connectivity index (χ3v) is 4.65. The third-order valence-electron chi connectivity index (χ3n) is 3.23. The van der Waals surface area contributed by atoms with Crippen molar-refractivity contribution in [1.29, 1.82) is 0 Å². The Hall–Kier alpha value is -1.00. The fourth-order valence-electron chi connectivity index (χ4n) is 2.16. The van der Waals surface area contributed by atoms with Crippen LogP contribution in [0.1, 0.15) is 13.8 Å². The monoisotopic (exact) mass is 354 g/mol. The molecule has 0 aromatic heterocycles. The zero-order valence-corrected chi connectivity index (χ0v) is 13.7. The zero-order valence-electron chi connectivity index (χ0n) is 12.8. The van der Waals surface area contributed by atoms with E-state index in [9.17, 15) is 24.5 Å². The van der Waals surface area contributed by atoms with Gasteiger partial charge in [-0.2, -0.15) is 0 Å². The van der Waals surface area contributed by atoms with Gasteiger partial charge < -0.3 is 40.5 Å². The predicted octanol–water partition coefficient (Wildman–Crippen LogP) is -2.01. The summed E-state index contributed by atoms with van der Waals surface area (Å²) in [6.45, 7) is 1.89. The molecule has 0 radical (unpaired) electrons. The second-order valence-electron chi connectivity index (χ2n) is 5.07. The molecule has 1 rings (SSSR count). The molecule has 0 saturated carbocycles. The van der Waals surface area contributed by atoms with Gasteiger partial charge in [0.1, 0.15) is 18.3 Å². The van der Waals surface area contributed by atoms with Crippen molar-refractivity contribution >= 4 is 13.5 Å². The first-order valence-electron chi connectivity index (χ1n) is 7.00. The SMILES string of the molecule is CCOP(=O)(O)C1=C[C@H](N)[C@@H](NC(C)=O)[C@H]([C@H](O)[C@H](O)CO)O1. The average molecular weight is 354 g/mol. The second-order valence-corrected chi connectivity index (χ2v) is 6.81. The number of ether oxygens (including phenoxy) is 1. The number of rotatable bonds is 7. The molecule has 6 atom stereocenters. The van der Waals surface area contributed by atoms with Gasteiger partial charge >= 0.3 is 7.60 Å². The van der Waals surface area contributed by atoms with Crippen LogP contribution in [-0.4, -0.2) is 69.7 Å². The van der Waals surface area contributed by atoms with Crippen molar-refractivity contribution in [2.45, 2.75) is 44.2 Å². The Morgan fingerprint density at radius 2 is 2.17 bits per heavy atom. The van der Waals surface area contributed by atoms with Gasteiger partial charge in [-0.3, -0.25) is 9.36 Å². The highest BCUT2D eigenvalue weighted by Crippen LogP contribution is 2.53. The minimum absolute atomic E-state index is 0.0642. The van der Waals surface area contributed by atoms with Crippen LogP contribution in [0.5, 0.6) is 0 Å². The molecule has 0 spiro atoms. The molecule has 0 fully saturated rings. The molecule has 1 aliphatic heterocycles. The number of aliphatic hydroxyl groups excluding tert-OH is 3. The van der Waals surface area contributed by atoms with Gasteiger partial charge in [0.2, 0.25) is 11.4 Å². The number of hydrogen-bond donors (Lipinski definition) is 6. The molecule has 0 aromatic rings. The van der Waals surface area contributed by atoms with Crippen molar-refractivity contribution < 1.29 is 38.8 Å². The Kier molecular flexibility index (Phi) is 7.15. The van der Waals surface area contributed by atoms with Gasteiger partial charge in [-0.25, -0.2) is 0 Å². The minimum Gasteiger partial charge on any atom is -0.478 e. The summed E-state index contributed by atoms with van der Waals surface area (Å²) in [5.41, 5.74) is 5.38. The van der Waals surface area contributed by atoms with Gasteiger partial charge in [0, 0.05) is 6.92 Å². The second kappa shape index (κ2) is 8.20. The van der Waals surface area contributed by atoms with Crippen LogP contribution < -0.4 is 11.1 Å². The molecule has 11 heteroatoms. The first-order valence-corrected chi connectivity index (χ1v) is 8.57. The van der Waals surface area contributed by atoms with Crippen molar-refractivity contribution in [2.75, 3.05) is 13.2 Å². The van der Waals surface area contributed by atoms with E-state index in [0.717, 1.165) is 6.08 Å². The number of nitrogens with two attached hydrogens (primary N) is 1. The number of carbonyl (C=O) groups is 1. The van der Waals surface area contributed by atoms with E-state index in [-0.39, 0.29) is 6.61 Å². The van der Waals surface area contributed by atoms with E-state index in [2.05, 4.69) is 5.32 Å². The fourth-order valence-corrected chi connectivity index (χ4v) is 3.25. The maximum absolute atomic E-state index is 12.1. The number of nitrogens with one attached hydrogen (secondary N) is 1. The van der Waals surface area contributed by atoms with Gasteiger partial charge in [0.15, 0.2) is 0 Å². The molecule has 7 N–H and O–H groups in total. The number of carbonyl (C=O) groups excluding carboxylic acids is 1. The lowest BCUT2D eigenvalue weighted by Crippen LogP contribution is -2.61. The molecule has 0 bridgehead atoms. The first-order chi connectivity index (χ1) is 10.6. The summed E-state index contributed by atoms with van der Waals surface area (Å²) in [6.07, 6.45) is -3.48. The summed E-state index contributed by atoms with van der Waals surface area (Å²) < 4.78 is 22.1. The molecular weight excluding hydrogens is 331 g/mol. The van der Waals surface area contributed by atoms with E-state index >= 15 is 0 Å². The lowest BCUT2D eigenvalue weighted by molar-refractivity contribution is -0.125. The van der Waals surface area contributed by atoms with E-state index in [1.807, 2.05) is 0 Å². The fraction of sp³-hybridized carbons (Fsp3) is 0.750. The van der Waals surface area contributed by atoms with Gasteiger partial charge in [-0.1, -0.05) is 0 Å². The lowest BCUT2D eigenvalue weighted by atomic mass is 9.94. The van der Waals surface area contributed by atoms with Gasteiger partial charge in [0.05, 0.1) is 25.3 Å². The largest absolute Gasteiger partial charge is 0.478 e. The molecule has 1 aliphatic rings. The van der Waals surface area contributed by atoms with Crippen LogP contribution >= 0.6 is 7.60 Å². The molecule has 1 heterocycles. The van der Waals surface area contributed by atoms with Crippen LogP contribution in [0.4, 0.5) is 0 Å². The Labute approximate surface area is 133 Å². The Morgan fingerprint density at radius 1 is 1.57 bits per heavy atom. The standard InChI is InChI=1S/C12H23N2O8P/c1-3-21-23(19,20)9-4-7(13)10(14-6(2)16)12(22-9)11(18)8(17)5-15/h4,7-8,10-12,15,17-18H,3,5,13H2,1-2H3,(H,14,16)(H,19,20)/t7-,8+,10+,11+,12+/m0/s1. The van der Waals surface area contributed by atoms with Crippen LogP contribution in [0.15, 0.2) is 11.6 Å². The quantitative estimate of drug-likeness (QED) is 0.283. The number of aliphatic hydroxyl groups is 3. The Morgan fingerprint density at radius 3 is 2.65 bits per heavy atom. The smallest absolute Gasteiger partial charge is 0.392 e. The Balaban J connectivity index is 3.15. The topological polar surface area (TPSA) is 172 Å². The van der Waals surface area contributed by atoms with E-state index < -0.39 is 56.0 Å². The summed E-state index contributed by atoms with van der Waals surface area (Å²) >= 11 is 0. The third kappa shape index (κ3) is 4.98. The Bertz CT molecular complexity index is 499. The van der Waals surface area contributed by atoms with E-state index in [1.165, 1.54) is 13.8 Å². The van der Waals surface area contributed by atoms with Crippen molar-refractivity contribution in [3.05, 3.63) is 11.6 Å². The summed E-state index contributed by atoms with van der Waals surface area (Å²) in [5.74, 6) is -0.474. The van der Waals surface area contributed by atoms with Crippen molar-refractivity contribution in [1.82, 2.24) is 5.32 Å². The highest BCUT2D eigenvalue weighted by molar-refractivity contribution is 7.57. The maximum atomic E-state index is 12.1. The molecule has 0 aromatic carbocycles. The van der Waals surface area contributed by atoms with Crippen LogP contribution in [0.2, 0.25) is 0 Å². The lowest BCUT2D eigenvalue weighted by Gasteiger charge is -2.39. The molecule has 134 valence electrons. The zero-order chi connectivity index (χ0) is 17.8. The van der Waals surface area contributed by atoms with Crippen LogP contribution in [0.25, 0.3) is 0 Å². The first kappa shape index (κ1) is 20.0. The van der Waals surface area contributed by atoms with E-state index in [1.54, 1.807) is 0 Å². The van der Waals surface area contributed by atoms with Crippen molar-refractivity contribution in [2.24, 2.45) is 5.73 Å². The molecule has 0 saturated heterocycles. The minimum atomic E-state index is -4.29. The van der Waals surface area contributed by atoms with Crippen LogP contribution in [-0.2, 0) is 18.6 Å². The van der Waals surface area contributed by atoms with Gasteiger partial charge in [-0.05, 0) is 13.0 Å². The summed E-state index contributed by atoms with van der Waals surface area (Å²) in [6, 6.07) is -1.96. The van der Waals surface area contributed by atoms with Crippen LogP contribution in [0.3, 0.4) is 0 Å². The molecule has 23 heavy (non-hydrogen) atoms. The number of hydrogen-bond acceptors (Lipinski definition) is 8. The average Bonchev–Trinajstić information content (AvgIpc) is 2.46. The molecule has 1 amide bonds. The van der Waals surface area contributed by atoms with Crippen LogP contribution in [0, 0.1) is 0 Å². The summed E-state index contributed by atoms with van der Waals surface area (Å²) in [5, 5.41) is 31.1. The molecule has 1 unspecified atom stereocenters. The van der Waals surface area contributed by atoms with E-state index in [4.69, 9.17) is 20.1 Å². The maximum Gasteiger partial charge on any atom is 0.392 e. The molecular formula is C12H23N2O8P. The van der Waals surface area contributed by atoms with E-state index in [0.29, 0.717) is 0 Å². The molecule has 0 aliphatic carbocycles. The van der Waals surface area contributed by atoms with Gasteiger partial charge in [0.25, 0.3) is 0 Å². The summed E-state index contributed by atoms with van der Waals surface area (Å²) in [4.78, 5) is 21.1. The predicted molar refractivity (Wildman–Crippen MR) is 79.1 cm³/mol. The summed E-state index contributed by atoms with van der Waals surface area (Å²) in [7, 11) is -4.29.